The zero-order chi connectivity index (χ0) is 25.1. The van der Waals surface area contributed by atoms with Gasteiger partial charge in [0.2, 0.25) is 0 Å². The molecule has 1 aliphatic heterocycles. The van der Waals surface area contributed by atoms with Gasteiger partial charge in [0.05, 0.1) is 24.6 Å². The van der Waals surface area contributed by atoms with Crippen LogP contribution in [0.4, 0.5) is 4.39 Å². The number of methoxy groups -OCH3 is 1. The molecule has 8 heteroatoms. The van der Waals surface area contributed by atoms with Crippen LogP contribution in [0, 0.1) is 5.82 Å². The van der Waals surface area contributed by atoms with Crippen LogP contribution in [-0.4, -0.2) is 33.5 Å². The number of carbonyl (C=O) groups excluding carboxylic acids is 1. The second kappa shape index (κ2) is 9.95. The molecule has 180 valence electrons. The van der Waals surface area contributed by atoms with E-state index in [2.05, 4.69) is 10.2 Å². The van der Waals surface area contributed by atoms with E-state index in [9.17, 15) is 14.0 Å². The zero-order valence-corrected chi connectivity index (χ0v) is 19.5. The van der Waals surface area contributed by atoms with E-state index in [-0.39, 0.29) is 17.9 Å². The van der Waals surface area contributed by atoms with Crippen molar-refractivity contribution in [3.63, 3.8) is 0 Å². The van der Waals surface area contributed by atoms with E-state index in [1.54, 1.807) is 25.3 Å². The third kappa shape index (κ3) is 4.79. The molecule has 4 aromatic rings. The number of ether oxygens (including phenoxy) is 1. The molecule has 1 atom stereocenters. The molecule has 36 heavy (non-hydrogen) atoms. The first kappa shape index (κ1) is 23.2. The predicted octanol–water partition coefficient (Wildman–Crippen LogP) is 4.44. The minimum atomic E-state index is -0.441. The Labute approximate surface area is 207 Å². The van der Waals surface area contributed by atoms with Crippen LogP contribution in [-0.2, 0) is 11.3 Å². The second-order valence-corrected chi connectivity index (χ2v) is 8.37. The van der Waals surface area contributed by atoms with Gasteiger partial charge in [-0.2, -0.15) is 10.2 Å². The lowest BCUT2D eigenvalue weighted by atomic mass is 9.98. The Morgan fingerprint density at radius 1 is 0.944 bits per heavy atom. The lowest BCUT2D eigenvalue weighted by Crippen LogP contribution is -2.34. The third-order valence-corrected chi connectivity index (χ3v) is 6.07. The molecule has 7 nitrogen and oxygen atoms in total. The minimum absolute atomic E-state index is 0.281. The predicted molar refractivity (Wildman–Crippen MR) is 134 cm³/mol. The van der Waals surface area contributed by atoms with Gasteiger partial charge < -0.3 is 4.74 Å². The number of aromatic nitrogens is 2. The molecule has 0 N–H and O–H groups in total. The first-order valence-electron chi connectivity index (χ1n) is 11.4. The maximum absolute atomic E-state index is 13.6. The van der Waals surface area contributed by atoms with Crippen LogP contribution in [0.15, 0.2) is 101 Å². The molecule has 1 aromatic heterocycles. The smallest absolute Gasteiger partial charge is 0.267 e. The number of nitrogens with zero attached hydrogens (tertiary/aromatic N) is 4. The molecule has 1 unspecified atom stereocenters. The van der Waals surface area contributed by atoms with Gasteiger partial charge in [0.1, 0.15) is 18.1 Å². The van der Waals surface area contributed by atoms with Crippen LogP contribution in [0.3, 0.4) is 0 Å². The van der Waals surface area contributed by atoms with Crippen molar-refractivity contribution in [1.82, 2.24) is 14.8 Å². The Morgan fingerprint density at radius 3 is 2.36 bits per heavy atom. The summed E-state index contributed by atoms with van der Waals surface area (Å²) in [5.74, 6) is -0.0452. The summed E-state index contributed by atoms with van der Waals surface area (Å²) in [7, 11) is 1.59. The van der Waals surface area contributed by atoms with Crippen molar-refractivity contribution in [2.75, 3.05) is 7.11 Å². The van der Waals surface area contributed by atoms with Crippen LogP contribution < -0.4 is 10.3 Å². The van der Waals surface area contributed by atoms with Gasteiger partial charge in [-0.3, -0.25) is 9.59 Å². The van der Waals surface area contributed by atoms with Gasteiger partial charge in [-0.05, 0) is 53.6 Å². The monoisotopic (exact) mass is 482 g/mol. The summed E-state index contributed by atoms with van der Waals surface area (Å²) in [4.78, 5) is 26.0. The van der Waals surface area contributed by atoms with Crippen LogP contribution in [0.2, 0.25) is 0 Å². The minimum Gasteiger partial charge on any atom is -0.497 e. The summed E-state index contributed by atoms with van der Waals surface area (Å²) < 4.78 is 20.0. The van der Waals surface area contributed by atoms with Gasteiger partial charge in [-0.25, -0.2) is 14.1 Å². The molecule has 0 radical (unpaired) electrons. The third-order valence-electron chi connectivity index (χ3n) is 6.07. The van der Waals surface area contributed by atoms with Gasteiger partial charge in [0.15, 0.2) is 0 Å². The van der Waals surface area contributed by atoms with Crippen LogP contribution in [0.5, 0.6) is 5.75 Å². The number of hydrazone groups is 1. The van der Waals surface area contributed by atoms with E-state index in [1.165, 1.54) is 23.2 Å². The SMILES string of the molecule is COc1ccc(C2=NN(C(=O)Cn3nc(-c4ccccc4)ccc3=O)C(c3ccc(F)cc3)C2)cc1. The van der Waals surface area contributed by atoms with E-state index in [1.807, 2.05) is 54.6 Å². The van der Waals surface area contributed by atoms with Gasteiger partial charge in [-0.1, -0.05) is 42.5 Å². The Morgan fingerprint density at radius 2 is 1.67 bits per heavy atom. The van der Waals surface area contributed by atoms with E-state index in [0.29, 0.717) is 23.6 Å². The van der Waals surface area contributed by atoms with E-state index in [0.717, 1.165) is 21.4 Å². The molecule has 5 rings (SSSR count). The van der Waals surface area contributed by atoms with Gasteiger partial charge in [-0.15, -0.1) is 0 Å². The maximum atomic E-state index is 13.6. The van der Waals surface area contributed by atoms with Gasteiger partial charge >= 0.3 is 0 Å². The van der Waals surface area contributed by atoms with E-state index in [4.69, 9.17) is 4.74 Å². The highest BCUT2D eigenvalue weighted by molar-refractivity contribution is 6.03. The number of amides is 1. The molecule has 1 amide bonds. The van der Waals surface area contributed by atoms with Crippen molar-refractivity contribution in [3.8, 4) is 17.0 Å². The molecule has 0 bridgehead atoms. The fraction of sp³-hybridized carbons (Fsp3) is 0.143. The van der Waals surface area contributed by atoms with Gasteiger partial charge in [0, 0.05) is 18.1 Å². The van der Waals surface area contributed by atoms with Crippen molar-refractivity contribution >= 4 is 11.6 Å². The number of carbonyl (C=O) groups is 1. The van der Waals surface area contributed by atoms with Crippen LogP contribution in [0.25, 0.3) is 11.3 Å². The Bertz CT molecular complexity index is 1470. The van der Waals surface area contributed by atoms with Crippen molar-refractivity contribution in [2.24, 2.45) is 5.10 Å². The second-order valence-electron chi connectivity index (χ2n) is 8.37. The van der Waals surface area contributed by atoms with Crippen molar-refractivity contribution in [3.05, 3.63) is 118 Å². The van der Waals surface area contributed by atoms with Crippen molar-refractivity contribution < 1.29 is 13.9 Å². The molecular weight excluding hydrogens is 459 g/mol. The molecule has 0 fully saturated rings. The molecule has 0 aliphatic carbocycles. The summed E-state index contributed by atoms with van der Waals surface area (Å²) in [5, 5.41) is 10.4. The standard InChI is InChI=1S/C28H23FN4O3/c1-36-23-13-9-20(10-14-23)25-17-26(21-7-11-22(29)12-8-21)33(31-25)28(35)18-32-27(34)16-15-24(30-32)19-5-3-2-4-6-19/h2-16,26H,17-18H2,1H3. The fourth-order valence-electron chi connectivity index (χ4n) is 4.17. The summed E-state index contributed by atoms with van der Waals surface area (Å²) in [6.45, 7) is -0.281. The maximum Gasteiger partial charge on any atom is 0.267 e. The molecule has 0 saturated carbocycles. The van der Waals surface area contributed by atoms with Crippen LogP contribution >= 0.6 is 0 Å². The Hall–Kier alpha value is -4.59. The first-order chi connectivity index (χ1) is 17.5. The average molecular weight is 483 g/mol. The van der Waals surface area contributed by atoms with Gasteiger partial charge in [0.25, 0.3) is 11.5 Å². The molecule has 0 saturated heterocycles. The number of hydrogen-bond donors (Lipinski definition) is 0. The number of halogens is 1. The molecule has 0 spiro atoms. The average Bonchev–Trinajstić information content (AvgIpc) is 3.36. The number of rotatable bonds is 6. The van der Waals surface area contributed by atoms with Crippen molar-refractivity contribution in [2.45, 2.75) is 19.0 Å². The Balaban J connectivity index is 1.46. The highest BCUT2D eigenvalue weighted by atomic mass is 19.1. The summed E-state index contributed by atoms with van der Waals surface area (Å²) in [6, 6.07) is 25.4. The number of hydrogen-bond acceptors (Lipinski definition) is 5. The zero-order valence-electron chi connectivity index (χ0n) is 19.5. The molecule has 1 aliphatic rings. The first-order valence-corrected chi connectivity index (χ1v) is 11.4. The Kier molecular flexibility index (Phi) is 6.40. The molecular formula is C28H23FN4O3. The topological polar surface area (TPSA) is 76.8 Å². The molecule has 2 heterocycles. The van der Waals surface area contributed by atoms with Crippen LogP contribution in [0.1, 0.15) is 23.6 Å². The summed E-state index contributed by atoms with van der Waals surface area (Å²) >= 11 is 0. The lowest BCUT2D eigenvalue weighted by molar-refractivity contribution is -0.133. The number of benzene rings is 3. The van der Waals surface area contributed by atoms with E-state index >= 15 is 0 Å². The summed E-state index contributed by atoms with van der Waals surface area (Å²) in [5.41, 5.74) is 3.33. The van der Waals surface area contributed by atoms with Crippen molar-refractivity contribution in [1.29, 1.82) is 0 Å². The largest absolute Gasteiger partial charge is 0.497 e. The molecule has 3 aromatic carbocycles. The highest BCUT2D eigenvalue weighted by Crippen LogP contribution is 2.33. The summed E-state index contributed by atoms with van der Waals surface area (Å²) in [6.07, 6.45) is 0.441. The lowest BCUT2D eigenvalue weighted by Gasteiger charge is -2.22. The fourth-order valence-corrected chi connectivity index (χ4v) is 4.17. The quantitative estimate of drug-likeness (QED) is 0.407. The van der Waals surface area contributed by atoms with E-state index < -0.39 is 11.9 Å². The highest BCUT2D eigenvalue weighted by Gasteiger charge is 2.33. The normalized spacial score (nSPS) is 15.0.